The second kappa shape index (κ2) is 3.33. The van der Waals surface area contributed by atoms with Crippen LogP contribution in [-0.4, -0.2) is 11.9 Å². The first-order chi connectivity index (χ1) is 6.68. The second-order valence-electron chi connectivity index (χ2n) is 3.78. The van der Waals surface area contributed by atoms with Gasteiger partial charge < -0.3 is 11.1 Å². The van der Waals surface area contributed by atoms with E-state index in [9.17, 15) is 4.79 Å². The van der Waals surface area contributed by atoms with Crippen molar-refractivity contribution in [3.05, 3.63) is 29.3 Å². The van der Waals surface area contributed by atoms with Gasteiger partial charge in [-0.1, -0.05) is 6.07 Å². The fourth-order valence-electron chi connectivity index (χ4n) is 1.92. The molecule has 1 aromatic carbocycles. The molecule has 1 atom stereocenters. The van der Waals surface area contributed by atoms with Crippen LogP contribution in [0.2, 0.25) is 0 Å². The van der Waals surface area contributed by atoms with Gasteiger partial charge in [0.15, 0.2) is 0 Å². The van der Waals surface area contributed by atoms with Crippen molar-refractivity contribution in [3.8, 4) is 0 Å². The molecule has 1 aliphatic heterocycles. The Labute approximate surface area is 83.3 Å². The van der Waals surface area contributed by atoms with Crippen LogP contribution in [0.3, 0.4) is 0 Å². The molecular formula is C11H14N2O. The number of benzene rings is 1. The fraction of sp³-hybridized carbons (Fsp3) is 0.364. The molecule has 1 aromatic rings. The Morgan fingerprint density at radius 1 is 1.57 bits per heavy atom. The van der Waals surface area contributed by atoms with Crippen molar-refractivity contribution in [1.29, 1.82) is 0 Å². The summed E-state index contributed by atoms with van der Waals surface area (Å²) in [6.45, 7) is 2.14. The number of nitrogens with two attached hydrogens (primary N) is 1. The first kappa shape index (κ1) is 9.06. The normalized spacial score (nSPS) is 19.6. The minimum Gasteiger partial charge on any atom is -0.382 e. The maximum absolute atomic E-state index is 11.1. The van der Waals surface area contributed by atoms with E-state index in [-0.39, 0.29) is 5.91 Å². The van der Waals surface area contributed by atoms with Crippen LogP contribution in [-0.2, 0) is 6.42 Å². The summed E-state index contributed by atoms with van der Waals surface area (Å²) in [7, 11) is 0. The molecule has 14 heavy (non-hydrogen) atoms. The lowest BCUT2D eigenvalue weighted by molar-refractivity contribution is 0.0999. The van der Waals surface area contributed by atoms with E-state index in [0.29, 0.717) is 11.6 Å². The van der Waals surface area contributed by atoms with E-state index < -0.39 is 0 Å². The summed E-state index contributed by atoms with van der Waals surface area (Å²) in [5, 5.41) is 3.35. The van der Waals surface area contributed by atoms with E-state index in [1.807, 2.05) is 12.1 Å². The summed E-state index contributed by atoms with van der Waals surface area (Å²) in [4.78, 5) is 11.1. The zero-order valence-electron chi connectivity index (χ0n) is 8.21. The molecular weight excluding hydrogens is 176 g/mol. The smallest absolute Gasteiger partial charge is 0.249 e. The first-order valence-electron chi connectivity index (χ1n) is 4.86. The maximum atomic E-state index is 11.1. The molecule has 0 spiro atoms. The molecule has 3 heteroatoms. The van der Waals surface area contributed by atoms with E-state index in [2.05, 4.69) is 12.2 Å². The molecule has 0 saturated carbocycles. The SMILES string of the molecule is CC1CCc2c(cccc2C(N)=O)N1. The van der Waals surface area contributed by atoms with Crippen molar-refractivity contribution in [1.82, 2.24) is 0 Å². The highest BCUT2D eigenvalue weighted by Gasteiger charge is 2.18. The zero-order valence-corrected chi connectivity index (χ0v) is 8.21. The largest absolute Gasteiger partial charge is 0.382 e. The van der Waals surface area contributed by atoms with Crippen molar-refractivity contribution >= 4 is 11.6 Å². The molecule has 3 nitrogen and oxygen atoms in total. The highest BCUT2D eigenvalue weighted by Crippen LogP contribution is 2.27. The third-order valence-electron chi connectivity index (χ3n) is 2.67. The predicted molar refractivity (Wildman–Crippen MR) is 56.4 cm³/mol. The standard InChI is InChI=1S/C11H14N2O/c1-7-5-6-8-9(11(12)14)3-2-4-10(8)13-7/h2-4,7,13H,5-6H2,1H3,(H2,12,14). The van der Waals surface area contributed by atoms with Crippen LogP contribution in [0.25, 0.3) is 0 Å². The van der Waals surface area contributed by atoms with Crippen LogP contribution in [0.15, 0.2) is 18.2 Å². The van der Waals surface area contributed by atoms with Crippen LogP contribution in [0.5, 0.6) is 0 Å². The number of rotatable bonds is 1. The third-order valence-corrected chi connectivity index (χ3v) is 2.67. The molecule has 1 aliphatic rings. The Bertz CT molecular complexity index is 374. The summed E-state index contributed by atoms with van der Waals surface area (Å²) in [5.41, 5.74) is 8.08. The molecule has 0 saturated heterocycles. The van der Waals surface area contributed by atoms with E-state index in [4.69, 9.17) is 5.73 Å². The van der Waals surface area contributed by atoms with Gasteiger partial charge in [0.25, 0.3) is 0 Å². The Morgan fingerprint density at radius 3 is 3.07 bits per heavy atom. The lowest BCUT2D eigenvalue weighted by atomic mass is 9.94. The van der Waals surface area contributed by atoms with Crippen molar-refractivity contribution < 1.29 is 4.79 Å². The fourth-order valence-corrected chi connectivity index (χ4v) is 1.92. The quantitative estimate of drug-likeness (QED) is 0.705. The van der Waals surface area contributed by atoms with Gasteiger partial charge in [0, 0.05) is 17.3 Å². The summed E-state index contributed by atoms with van der Waals surface area (Å²) >= 11 is 0. The van der Waals surface area contributed by atoms with E-state index >= 15 is 0 Å². The molecule has 0 aliphatic carbocycles. The van der Waals surface area contributed by atoms with Gasteiger partial charge in [0.05, 0.1) is 0 Å². The number of anilines is 1. The van der Waals surface area contributed by atoms with Gasteiger partial charge in [-0.05, 0) is 37.5 Å². The van der Waals surface area contributed by atoms with Crippen LogP contribution in [0, 0.1) is 0 Å². The molecule has 0 radical (unpaired) electrons. The molecule has 1 amide bonds. The van der Waals surface area contributed by atoms with Crippen LogP contribution >= 0.6 is 0 Å². The van der Waals surface area contributed by atoms with Crippen molar-refractivity contribution in [2.45, 2.75) is 25.8 Å². The number of amides is 1. The van der Waals surface area contributed by atoms with Crippen LogP contribution < -0.4 is 11.1 Å². The summed E-state index contributed by atoms with van der Waals surface area (Å²) < 4.78 is 0. The molecule has 0 fully saturated rings. The van der Waals surface area contributed by atoms with Crippen LogP contribution in [0.4, 0.5) is 5.69 Å². The van der Waals surface area contributed by atoms with Gasteiger partial charge in [-0.2, -0.15) is 0 Å². The van der Waals surface area contributed by atoms with Crippen molar-refractivity contribution in [2.75, 3.05) is 5.32 Å². The first-order valence-corrected chi connectivity index (χ1v) is 4.86. The van der Waals surface area contributed by atoms with Crippen LogP contribution in [0.1, 0.15) is 29.3 Å². The highest BCUT2D eigenvalue weighted by molar-refractivity contribution is 5.96. The van der Waals surface area contributed by atoms with Gasteiger partial charge >= 0.3 is 0 Å². The van der Waals surface area contributed by atoms with E-state index in [0.717, 1.165) is 24.1 Å². The molecule has 2 rings (SSSR count). The number of nitrogens with one attached hydrogen (secondary N) is 1. The van der Waals surface area contributed by atoms with Gasteiger partial charge in [-0.3, -0.25) is 4.79 Å². The topological polar surface area (TPSA) is 55.1 Å². The third kappa shape index (κ3) is 1.45. The number of carbonyl (C=O) groups excluding carboxylic acids is 1. The highest BCUT2D eigenvalue weighted by atomic mass is 16.1. The Hall–Kier alpha value is -1.51. The minimum absolute atomic E-state index is 0.335. The average molecular weight is 190 g/mol. The molecule has 0 aromatic heterocycles. The van der Waals surface area contributed by atoms with E-state index in [1.165, 1.54) is 0 Å². The van der Waals surface area contributed by atoms with Crippen molar-refractivity contribution in [3.63, 3.8) is 0 Å². The number of hydrogen-bond donors (Lipinski definition) is 2. The molecule has 74 valence electrons. The monoisotopic (exact) mass is 190 g/mol. The van der Waals surface area contributed by atoms with Gasteiger partial charge in [-0.15, -0.1) is 0 Å². The lowest BCUT2D eigenvalue weighted by Gasteiger charge is -2.25. The molecule has 1 unspecified atom stereocenters. The number of fused-ring (bicyclic) bond motifs is 1. The van der Waals surface area contributed by atoms with Gasteiger partial charge in [-0.25, -0.2) is 0 Å². The Kier molecular flexibility index (Phi) is 2.15. The molecule has 0 bridgehead atoms. The average Bonchev–Trinajstić information content (AvgIpc) is 2.16. The second-order valence-corrected chi connectivity index (χ2v) is 3.78. The van der Waals surface area contributed by atoms with Gasteiger partial charge in [0.1, 0.15) is 0 Å². The zero-order chi connectivity index (χ0) is 10.1. The predicted octanol–water partition coefficient (Wildman–Crippen LogP) is 1.53. The summed E-state index contributed by atoms with van der Waals surface area (Å²) in [5.74, 6) is -0.335. The Balaban J connectivity index is 2.46. The summed E-state index contributed by atoms with van der Waals surface area (Å²) in [6, 6.07) is 6.13. The molecule has 1 heterocycles. The van der Waals surface area contributed by atoms with E-state index in [1.54, 1.807) is 6.07 Å². The van der Waals surface area contributed by atoms with Crippen molar-refractivity contribution in [2.24, 2.45) is 5.73 Å². The lowest BCUT2D eigenvalue weighted by Crippen LogP contribution is -2.25. The summed E-state index contributed by atoms with van der Waals surface area (Å²) in [6.07, 6.45) is 1.99. The number of primary amides is 1. The number of carbonyl (C=O) groups is 1. The number of hydrogen-bond acceptors (Lipinski definition) is 2. The Morgan fingerprint density at radius 2 is 2.36 bits per heavy atom. The van der Waals surface area contributed by atoms with Gasteiger partial charge in [0.2, 0.25) is 5.91 Å². The molecule has 3 N–H and O–H groups in total. The maximum Gasteiger partial charge on any atom is 0.249 e. The minimum atomic E-state index is -0.335.